The summed E-state index contributed by atoms with van der Waals surface area (Å²) in [6.45, 7) is 9.42. The molecule has 1 rings (SSSR count). The number of hydrogen-bond donors (Lipinski definition) is 2. The SMILES string of the molecule is CN=C(NCCOCC(C)C)NCc1ccc(C)cc1. The minimum Gasteiger partial charge on any atom is -0.379 e. The van der Waals surface area contributed by atoms with Gasteiger partial charge >= 0.3 is 0 Å². The number of aliphatic imine (C=N–C) groups is 1. The fraction of sp³-hybridized carbons (Fsp3) is 0.562. The first-order chi connectivity index (χ1) is 9.61. The summed E-state index contributed by atoms with van der Waals surface area (Å²) in [5, 5.41) is 6.53. The van der Waals surface area contributed by atoms with Crippen LogP contribution in [0, 0.1) is 12.8 Å². The molecule has 0 aliphatic carbocycles. The van der Waals surface area contributed by atoms with Gasteiger partial charge in [0.1, 0.15) is 0 Å². The maximum Gasteiger partial charge on any atom is 0.191 e. The topological polar surface area (TPSA) is 45.7 Å². The van der Waals surface area contributed by atoms with Gasteiger partial charge < -0.3 is 15.4 Å². The van der Waals surface area contributed by atoms with E-state index < -0.39 is 0 Å². The summed E-state index contributed by atoms with van der Waals surface area (Å²) in [4.78, 5) is 4.19. The molecule has 0 fully saturated rings. The standard InChI is InChI=1S/C16H27N3O/c1-13(2)12-20-10-9-18-16(17-4)19-11-15-7-5-14(3)6-8-15/h5-8,13H,9-12H2,1-4H3,(H2,17,18,19). The predicted molar refractivity (Wildman–Crippen MR) is 85.0 cm³/mol. The molecular formula is C16H27N3O. The van der Waals surface area contributed by atoms with Crippen LogP contribution in [-0.4, -0.2) is 32.8 Å². The van der Waals surface area contributed by atoms with Crippen LogP contribution in [0.5, 0.6) is 0 Å². The van der Waals surface area contributed by atoms with Crippen molar-refractivity contribution >= 4 is 5.96 Å². The van der Waals surface area contributed by atoms with E-state index in [1.165, 1.54) is 11.1 Å². The normalized spacial score (nSPS) is 11.8. The number of nitrogens with zero attached hydrogens (tertiary/aromatic N) is 1. The van der Waals surface area contributed by atoms with E-state index in [-0.39, 0.29) is 0 Å². The molecule has 0 amide bonds. The highest BCUT2D eigenvalue weighted by atomic mass is 16.5. The molecule has 0 aromatic heterocycles. The average molecular weight is 277 g/mol. The fourth-order valence-electron chi connectivity index (χ4n) is 1.67. The van der Waals surface area contributed by atoms with Crippen molar-refractivity contribution in [3.8, 4) is 0 Å². The van der Waals surface area contributed by atoms with E-state index in [9.17, 15) is 0 Å². The third kappa shape index (κ3) is 7.14. The molecule has 1 aromatic rings. The van der Waals surface area contributed by atoms with Crippen LogP contribution in [0.25, 0.3) is 0 Å². The molecule has 0 heterocycles. The summed E-state index contributed by atoms with van der Waals surface area (Å²) in [6.07, 6.45) is 0. The van der Waals surface area contributed by atoms with Gasteiger partial charge in [-0.25, -0.2) is 0 Å². The van der Waals surface area contributed by atoms with E-state index in [0.717, 1.165) is 25.7 Å². The van der Waals surface area contributed by atoms with E-state index in [2.05, 4.69) is 60.7 Å². The highest BCUT2D eigenvalue weighted by Crippen LogP contribution is 2.02. The van der Waals surface area contributed by atoms with Crippen LogP contribution in [0.15, 0.2) is 29.3 Å². The minimum absolute atomic E-state index is 0.578. The first kappa shape index (κ1) is 16.5. The van der Waals surface area contributed by atoms with Crippen LogP contribution in [0.3, 0.4) is 0 Å². The number of rotatable bonds is 7. The summed E-state index contributed by atoms with van der Waals surface area (Å²) in [5.74, 6) is 1.38. The van der Waals surface area contributed by atoms with Crippen LogP contribution in [0.2, 0.25) is 0 Å². The molecule has 4 heteroatoms. The maximum absolute atomic E-state index is 5.52. The molecule has 1 aromatic carbocycles. The lowest BCUT2D eigenvalue weighted by Crippen LogP contribution is -2.38. The molecule has 2 N–H and O–H groups in total. The largest absolute Gasteiger partial charge is 0.379 e. The third-order valence-corrected chi connectivity index (χ3v) is 2.79. The van der Waals surface area contributed by atoms with Gasteiger partial charge in [0.05, 0.1) is 6.61 Å². The van der Waals surface area contributed by atoms with E-state index in [4.69, 9.17) is 4.74 Å². The van der Waals surface area contributed by atoms with Gasteiger partial charge in [-0.1, -0.05) is 43.7 Å². The van der Waals surface area contributed by atoms with Crippen molar-refractivity contribution in [3.05, 3.63) is 35.4 Å². The maximum atomic E-state index is 5.52. The molecular weight excluding hydrogens is 250 g/mol. The van der Waals surface area contributed by atoms with Crippen molar-refractivity contribution in [2.75, 3.05) is 26.8 Å². The van der Waals surface area contributed by atoms with Crippen LogP contribution in [0.4, 0.5) is 0 Å². The molecule has 112 valence electrons. The quantitative estimate of drug-likeness (QED) is 0.457. The molecule has 4 nitrogen and oxygen atoms in total. The number of benzene rings is 1. The Morgan fingerprint density at radius 2 is 1.90 bits per heavy atom. The molecule has 0 aliphatic rings. The van der Waals surface area contributed by atoms with Gasteiger partial charge in [-0.15, -0.1) is 0 Å². The van der Waals surface area contributed by atoms with Crippen molar-refractivity contribution in [1.29, 1.82) is 0 Å². The van der Waals surface area contributed by atoms with Crippen LogP contribution >= 0.6 is 0 Å². The first-order valence-corrected chi connectivity index (χ1v) is 7.19. The summed E-state index contributed by atoms with van der Waals surface area (Å²) in [7, 11) is 1.78. The third-order valence-electron chi connectivity index (χ3n) is 2.79. The Morgan fingerprint density at radius 3 is 2.50 bits per heavy atom. The molecule has 0 saturated carbocycles. The Labute approximate surface area is 122 Å². The summed E-state index contributed by atoms with van der Waals surface area (Å²) < 4.78 is 5.52. The van der Waals surface area contributed by atoms with Gasteiger partial charge in [0.2, 0.25) is 0 Å². The zero-order chi connectivity index (χ0) is 14.8. The van der Waals surface area contributed by atoms with Crippen LogP contribution in [-0.2, 0) is 11.3 Å². The van der Waals surface area contributed by atoms with E-state index in [1.807, 2.05) is 0 Å². The summed E-state index contributed by atoms with van der Waals surface area (Å²) in [6, 6.07) is 8.49. The van der Waals surface area contributed by atoms with Gasteiger partial charge in [0.15, 0.2) is 5.96 Å². The van der Waals surface area contributed by atoms with E-state index in [0.29, 0.717) is 12.5 Å². The highest BCUT2D eigenvalue weighted by molar-refractivity contribution is 5.79. The van der Waals surface area contributed by atoms with Crippen LogP contribution < -0.4 is 10.6 Å². The Bertz CT molecular complexity index is 399. The smallest absolute Gasteiger partial charge is 0.191 e. The lowest BCUT2D eigenvalue weighted by molar-refractivity contribution is 0.114. The number of hydrogen-bond acceptors (Lipinski definition) is 2. The number of guanidine groups is 1. The molecule has 0 radical (unpaired) electrons. The van der Waals surface area contributed by atoms with Gasteiger partial charge in [-0.3, -0.25) is 4.99 Å². The van der Waals surface area contributed by atoms with Crippen molar-refractivity contribution in [2.45, 2.75) is 27.3 Å². The zero-order valence-corrected chi connectivity index (χ0v) is 13.1. The number of aryl methyl sites for hydroxylation is 1. The fourth-order valence-corrected chi connectivity index (χ4v) is 1.67. The molecule has 0 spiro atoms. The van der Waals surface area contributed by atoms with Gasteiger partial charge in [-0.2, -0.15) is 0 Å². The minimum atomic E-state index is 0.578. The first-order valence-electron chi connectivity index (χ1n) is 7.19. The van der Waals surface area contributed by atoms with Crippen LogP contribution in [0.1, 0.15) is 25.0 Å². The summed E-state index contributed by atoms with van der Waals surface area (Å²) >= 11 is 0. The predicted octanol–water partition coefficient (Wildman–Crippen LogP) is 2.33. The monoisotopic (exact) mass is 277 g/mol. The Balaban J connectivity index is 2.21. The van der Waals surface area contributed by atoms with E-state index in [1.54, 1.807) is 7.05 Å². The average Bonchev–Trinajstić information content (AvgIpc) is 2.43. The molecule has 0 aliphatic heterocycles. The van der Waals surface area contributed by atoms with Gasteiger partial charge in [0.25, 0.3) is 0 Å². The van der Waals surface area contributed by atoms with Crippen molar-refractivity contribution in [2.24, 2.45) is 10.9 Å². The Kier molecular flexibility index (Phi) is 7.73. The second-order valence-electron chi connectivity index (χ2n) is 5.31. The Morgan fingerprint density at radius 1 is 1.20 bits per heavy atom. The number of ether oxygens (including phenoxy) is 1. The zero-order valence-electron chi connectivity index (χ0n) is 13.1. The van der Waals surface area contributed by atoms with E-state index >= 15 is 0 Å². The number of nitrogens with one attached hydrogen (secondary N) is 2. The summed E-state index contributed by atoms with van der Waals surface area (Å²) in [5.41, 5.74) is 2.52. The second-order valence-corrected chi connectivity index (χ2v) is 5.31. The lowest BCUT2D eigenvalue weighted by Gasteiger charge is -2.12. The Hall–Kier alpha value is -1.55. The van der Waals surface area contributed by atoms with Crippen molar-refractivity contribution < 1.29 is 4.74 Å². The molecule has 0 saturated heterocycles. The molecule has 0 unspecified atom stereocenters. The molecule has 0 bridgehead atoms. The molecule has 20 heavy (non-hydrogen) atoms. The second kappa shape index (κ2) is 9.37. The van der Waals surface area contributed by atoms with Crippen molar-refractivity contribution in [1.82, 2.24) is 10.6 Å². The van der Waals surface area contributed by atoms with Gasteiger partial charge in [0, 0.05) is 26.7 Å². The van der Waals surface area contributed by atoms with Gasteiger partial charge in [-0.05, 0) is 18.4 Å². The lowest BCUT2D eigenvalue weighted by atomic mass is 10.1. The van der Waals surface area contributed by atoms with Crippen molar-refractivity contribution in [3.63, 3.8) is 0 Å². The molecule has 0 atom stereocenters. The highest BCUT2D eigenvalue weighted by Gasteiger charge is 1.98.